The zero-order chi connectivity index (χ0) is 32.7. The summed E-state index contributed by atoms with van der Waals surface area (Å²) in [7, 11) is 0. The molecule has 4 aromatic rings. The van der Waals surface area contributed by atoms with Crippen molar-refractivity contribution in [2.75, 3.05) is 0 Å². The molecule has 14 heteroatoms. The van der Waals surface area contributed by atoms with Gasteiger partial charge in [-0.05, 0) is 74.1 Å². The molecule has 5 rings (SSSR count). The Kier molecular flexibility index (Phi) is 8.45. The number of aromatic nitrogens is 3. The fraction of sp³-hybridized carbons (Fsp3) is 0.290. The first-order chi connectivity index (χ1) is 21.1. The number of pyridine rings is 1. The molecular formula is C31H27F6N5O3. The topological polar surface area (TPSA) is 123 Å². The van der Waals surface area contributed by atoms with Crippen LogP contribution < -0.4 is 11.1 Å². The Balaban J connectivity index is 1.55. The normalized spacial score (nSPS) is 17.1. The third-order valence-corrected chi connectivity index (χ3v) is 7.62. The van der Waals surface area contributed by atoms with Crippen LogP contribution in [-0.4, -0.2) is 31.7 Å². The van der Waals surface area contributed by atoms with Crippen molar-refractivity contribution < 1.29 is 41.0 Å². The third-order valence-electron chi connectivity index (χ3n) is 7.62. The number of carbonyl (C=O) groups excluding carboxylic acids is 2. The van der Waals surface area contributed by atoms with Gasteiger partial charge in [-0.1, -0.05) is 12.1 Å². The molecule has 1 aliphatic rings. The molecule has 8 nitrogen and oxygen atoms in total. The summed E-state index contributed by atoms with van der Waals surface area (Å²) in [4.78, 5) is 29.7. The number of aliphatic hydroxyl groups is 1. The van der Waals surface area contributed by atoms with Crippen molar-refractivity contribution >= 4 is 11.8 Å². The van der Waals surface area contributed by atoms with Gasteiger partial charge >= 0.3 is 6.18 Å². The summed E-state index contributed by atoms with van der Waals surface area (Å²) >= 11 is 0. The van der Waals surface area contributed by atoms with E-state index in [-0.39, 0.29) is 53.8 Å². The van der Waals surface area contributed by atoms with Crippen molar-refractivity contribution in [1.29, 1.82) is 0 Å². The fourth-order valence-electron chi connectivity index (χ4n) is 5.79. The van der Waals surface area contributed by atoms with Crippen molar-refractivity contribution in [1.82, 2.24) is 20.1 Å². The lowest BCUT2D eigenvalue weighted by molar-refractivity contribution is -0.142. The fourth-order valence-corrected chi connectivity index (χ4v) is 5.79. The van der Waals surface area contributed by atoms with Crippen LogP contribution in [0.5, 0.6) is 0 Å². The van der Waals surface area contributed by atoms with E-state index in [2.05, 4.69) is 15.4 Å². The minimum atomic E-state index is -4.83. The summed E-state index contributed by atoms with van der Waals surface area (Å²) < 4.78 is 84.8. The second-order valence-electron chi connectivity index (χ2n) is 11.1. The van der Waals surface area contributed by atoms with E-state index < -0.39 is 64.9 Å². The van der Waals surface area contributed by atoms with Crippen molar-refractivity contribution in [2.45, 2.75) is 57.0 Å². The van der Waals surface area contributed by atoms with Crippen molar-refractivity contribution in [2.24, 2.45) is 5.73 Å². The van der Waals surface area contributed by atoms with Crippen molar-refractivity contribution in [3.05, 3.63) is 106 Å². The van der Waals surface area contributed by atoms with Gasteiger partial charge in [-0.15, -0.1) is 0 Å². The summed E-state index contributed by atoms with van der Waals surface area (Å²) in [6.07, 6.45) is -3.23. The highest BCUT2D eigenvalue weighted by Crippen LogP contribution is 2.41. The number of nitrogens with one attached hydrogen (secondary N) is 1. The number of nitrogens with two attached hydrogens (primary N) is 1. The first kappa shape index (κ1) is 31.7. The van der Waals surface area contributed by atoms with Gasteiger partial charge in [0.05, 0.1) is 23.0 Å². The van der Waals surface area contributed by atoms with Crippen molar-refractivity contribution in [3.63, 3.8) is 0 Å². The van der Waals surface area contributed by atoms with E-state index >= 15 is 0 Å². The third kappa shape index (κ3) is 6.70. The predicted octanol–water partition coefficient (Wildman–Crippen LogP) is 5.12. The Morgan fingerprint density at radius 3 is 2.49 bits per heavy atom. The average Bonchev–Trinajstić information content (AvgIpc) is 3.32. The maximum absolute atomic E-state index is 14.2. The Labute approximate surface area is 252 Å². The van der Waals surface area contributed by atoms with E-state index in [1.165, 1.54) is 31.3 Å². The van der Waals surface area contributed by atoms with E-state index in [4.69, 9.17) is 5.73 Å². The molecule has 45 heavy (non-hydrogen) atoms. The summed E-state index contributed by atoms with van der Waals surface area (Å²) in [5, 5.41) is 17.3. The van der Waals surface area contributed by atoms with E-state index in [9.17, 15) is 41.0 Å². The molecule has 4 N–H and O–H groups in total. The molecular weight excluding hydrogens is 604 g/mol. The summed E-state index contributed by atoms with van der Waals surface area (Å²) in [5.74, 6) is -4.51. The smallest absolute Gasteiger partial charge is 0.384 e. The Hall–Kier alpha value is -4.72. The predicted molar refractivity (Wildman–Crippen MR) is 149 cm³/mol. The molecule has 0 spiro atoms. The Morgan fingerprint density at radius 2 is 1.82 bits per heavy atom. The SMILES string of the molecule is CC1(O)CCCc2c(C(F)(F)F)nn(CC(=O)NC(Cc3cc(F)cc(F)c3)c3ncccc3-c3ccc(F)c(C(N)=O)c3)c21. The summed E-state index contributed by atoms with van der Waals surface area (Å²) in [6, 6.07) is 8.27. The molecule has 2 amide bonds. The monoisotopic (exact) mass is 631 g/mol. The molecule has 0 saturated heterocycles. The second kappa shape index (κ2) is 12.0. The van der Waals surface area contributed by atoms with E-state index in [1.54, 1.807) is 6.07 Å². The highest BCUT2D eigenvalue weighted by molar-refractivity contribution is 5.94. The van der Waals surface area contributed by atoms with Crippen LogP contribution in [0.4, 0.5) is 26.3 Å². The quantitative estimate of drug-likeness (QED) is 0.233. The zero-order valence-corrected chi connectivity index (χ0v) is 23.8. The second-order valence-corrected chi connectivity index (χ2v) is 11.1. The summed E-state index contributed by atoms with van der Waals surface area (Å²) in [5.41, 5.74) is 2.56. The number of hydrogen-bond acceptors (Lipinski definition) is 5. The first-order valence-electron chi connectivity index (χ1n) is 13.8. The molecule has 236 valence electrons. The molecule has 0 radical (unpaired) electrons. The van der Waals surface area contributed by atoms with Gasteiger partial charge in [-0.2, -0.15) is 18.3 Å². The number of fused-ring (bicyclic) bond motifs is 1. The minimum absolute atomic E-state index is 0.0119. The molecule has 2 aromatic carbocycles. The average molecular weight is 632 g/mol. The van der Waals surface area contributed by atoms with Gasteiger partial charge in [0.2, 0.25) is 5.91 Å². The van der Waals surface area contributed by atoms with Crippen LogP contribution in [0.2, 0.25) is 0 Å². The zero-order valence-electron chi connectivity index (χ0n) is 23.8. The lowest BCUT2D eigenvalue weighted by Crippen LogP contribution is -2.36. The molecule has 0 bridgehead atoms. The molecule has 2 aromatic heterocycles. The number of carbonyl (C=O) groups is 2. The highest BCUT2D eigenvalue weighted by atomic mass is 19.4. The standard InChI is InChI=1S/C31H27F6N5O3/c1-30(45)8-2-4-21-27(31(35,36)37)41-42(28(21)30)15-25(43)40-24(12-16-10-18(32)14-19(33)11-16)26-20(5-3-9-39-26)17-6-7-23(34)22(13-17)29(38)44/h3,5-7,9-11,13-14,24,45H,2,4,8,12,15H2,1H3,(H2,38,44)(H,40,43). The number of alkyl halides is 3. The first-order valence-corrected chi connectivity index (χ1v) is 13.8. The van der Waals surface area contributed by atoms with Gasteiger partial charge in [0, 0.05) is 23.4 Å². The maximum atomic E-state index is 14.2. The van der Waals surface area contributed by atoms with E-state index in [0.29, 0.717) is 11.6 Å². The van der Waals surface area contributed by atoms with E-state index in [1.807, 2.05) is 0 Å². The van der Waals surface area contributed by atoms with Crippen LogP contribution in [0.15, 0.2) is 54.7 Å². The number of halogens is 6. The van der Waals surface area contributed by atoms with Gasteiger partial charge in [0.25, 0.3) is 5.91 Å². The lowest BCUT2D eigenvalue weighted by atomic mass is 9.84. The van der Waals surface area contributed by atoms with Crippen LogP contribution in [0.1, 0.15) is 64.4 Å². The number of amides is 2. The Morgan fingerprint density at radius 1 is 1.11 bits per heavy atom. The largest absolute Gasteiger partial charge is 0.435 e. The molecule has 0 aliphatic heterocycles. The molecule has 0 fully saturated rings. The number of hydrogen-bond donors (Lipinski definition) is 3. The van der Waals surface area contributed by atoms with Gasteiger partial charge in [0.1, 0.15) is 29.6 Å². The van der Waals surface area contributed by atoms with Crippen LogP contribution in [0.25, 0.3) is 11.1 Å². The van der Waals surface area contributed by atoms with Gasteiger partial charge in [-0.25, -0.2) is 13.2 Å². The maximum Gasteiger partial charge on any atom is 0.435 e. The molecule has 2 atom stereocenters. The Bertz CT molecular complexity index is 1770. The van der Waals surface area contributed by atoms with Gasteiger partial charge in [0.15, 0.2) is 5.69 Å². The van der Waals surface area contributed by atoms with Crippen molar-refractivity contribution in [3.8, 4) is 11.1 Å². The van der Waals surface area contributed by atoms with E-state index in [0.717, 1.165) is 22.9 Å². The molecule has 1 aliphatic carbocycles. The number of nitrogens with zero attached hydrogens (tertiary/aromatic N) is 3. The lowest BCUT2D eigenvalue weighted by Gasteiger charge is -2.30. The van der Waals surface area contributed by atoms with Crippen LogP contribution in [0, 0.1) is 17.5 Å². The highest BCUT2D eigenvalue weighted by Gasteiger charge is 2.44. The van der Waals surface area contributed by atoms with Gasteiger partial charge < -0.3 is 16.2 Å². The van der Waals surface area contributed by atoms with Crippen LogP contribution in [-0.2, 0) is 36.0 Å². The molecule has 2 heterocycles. The number of rotatable bonds is 8. The van der Waals surface area contributed by atoms with Gasteiger partial charge in [-0.3, -0.25) is 19.3 Å². The number of benzene rings is 2. The minimum Gasteiger partial charge on any atom is -0.384 e. The summed E-state index contributed by atoms with van der Waals surface area (Å²) in [6.45, 7) is 0.624. The molecule has 0 saturated carbocycles. The molecule has 2 unspecified atom stereocenters. The van der Waals surface area contributed by atoms with Crippen LogP contribution in [0.3, 0.4) is 0 Å². The number of primary amides is 1. The van der Waals surface area contributed by atoms with Crippen LogP contribution >= 0.6 is 0 Å².